The van der Waals surface area contributed by atoms with Crippen LogP contribution >= 0.6 is 24.0 Å². The monoisotopic (exact) mass is 460 g/mol. The van der Waals surface area contributed by atoms with Crippen LogP contribution in [0.25, 0.3) is 0 Å². The molecule has 1 aliphatic rings. The van der Waals surface area contributed by atoms with Crippen LogP contribution in [-0.4, -0.2) is 56.2 Å². The van der Waals surface area contributed by atoms with E-state index in [1.165, 1.54) is 18.4 Å². The Morgan fingerprint density at radius 3 is 2.44 bits per heavy atom. The highest BCUT2D eigenvalue weighted by atomic mass is 127. The summed E-state index contributed by atoms with van der Waals surface area (Å²) in [6.07, 6.45) is 2.33. The average Bonchev–Trinajstić information content (AvgIpc) is 2.59. The molecule has 25 heavy (non-hydrogen) atoms. The van der Waals surface area contributed by atoms with Gasteiger partial charge < -0.3 is 20.3 Å². The normalized spacial score (nSPS) is 16.4. The Labute approximate surface area is 169 Å². The molecule has 1 heterocycles. The van der Waals surface area contributed by atoms with Gasteiger partial charge in [0.2, 0.25) is 0 Å². The lowest BCUT2D eigenvalue weighted by atomic mass is 10.0. The van der Waals surface area contributed by atoms with E-state index in [0.29, 0.717) is 18.7 Å². The van der Waals surface area contributed by atoms with E-state index >= 15 is 0 Å². The molecule has 5 nitrogen and oxygen atoms in total. The third kappa shape index (κ3) is 7.81. The predicted octanol–water partition coefficient (Wildman–Crippen LogP) is 3.03. The number of nitrogens with one attached hydrogen (secondary N) is 2. The van der Waals surface area contributed by atoms with Crippen LogP contribution < -0.4 is 15.4 Å². The van der Waals surface area contributed by atoms with E-state index in [2.05, 4.69) is 53.4 Å². The molecular formula is C19H33IN4O. The van der Waals surface area contributed by atoms with Gasteiger partial charge in [0, 0.05) is 32.2 Å². The topological polar surface area (TPSA) is 48.9 Å². The summed E-state index contributed by atoms with van der Waals surface area (Å²) in [7, 11) is 1.82. The lowest BCUT2D eigenvalue weighted by molar-refractivity contribution is 0.167. The highest BCUT2D eigenvalue weighted by Gasteiger charge is 2.21. The number of guanidine groups is 1. The van der Waals surface area contributed by atoms with Gasteiger partial charge in [0.05, 0.1) is 6.54 Å². The second kappa shape index (κ2) is 11.6. The molecule has 142 valence electrons. The molecule has 1 aromatic rings. The van der Waals surface area contributed by atoms with Crippen LogP contribution in [0.5, 0.6) is 5.75 Å². The molecule has 0 aromatic heterocycles. The Balaban J connectivity index is 0.00000312. The fraction of sp³-hybridized carbons (Fsp3) is 0.632. The molecular weight excluding hydrogens is 427 g/mol. The Morgan fingerprint density at radius 2 is 1.88 bits per heavy atom. The van der Waals surface area contributed by atoms with Crippen LogP contribution in [0.3, 0.4) is 0 Å². The second-order valence-electron chi connectivity index (χ2n) is 6.71. The number of aliphatic imine (C=N–C) groups is 1. The van der Waals surface area contributed by atoms with Crippen LogP contribution in [0.15, 0.2) is 29.3 Å². The number of aryl methyl sites for hydroxylation is 1. The summed E-state index contributed by atoms with van der Waals surface area (Å²) < 4.78 is 5.73. The van der Waals surface area contributed by atoms with Gasteiger partial charge in [-0.3, -0.25) is 4.99 Å². The molecule has 2 rings (SSSR count). The van der Waals surface area contributed by atoms with Gasteiger partial charge in [0.25, 0.3) is 0 Å². The Hall–Kier alpha value is -1.02. The summed E-state index contributed by atoms with van der Waals surface area (Å²) in [6.45, 7) is 10.3. The molecule has 0 spiro atoms. The third-order valence-corrected chi connectivity index (χ3v) is 4.51. The highest BCUT2D eigenvalue weighted by Crippen LogP contribution is 2.13. The van der Waals surface area contributed by atoms with Gasteiger partial charge in [-0.25, -0.2) is 0 Å². The van der Waals surface area contributed by atoms with E-state index in [0.717, 1.165) is 31.3 Å². The first-order valence-corrected chi connectivity index (χ1v) is 8.99. The van der Waals surface area contributed by atoms with Crippen LogP contribution in [0.1, 0.15) is 32.3 Å². The molecule has 0 saturated carbocycles. The third-order valence-electron chi connectivity index (χ3n) is 4.51. The zero-order chi connectivity index (χ0) is 17.4. The SMILES string of the molecule is CN=C(NCCOc1ccc(C)cc1)NC1CCN(C(C)C)CC1.I. The van der Waals surface area contributed by atoms with Gasteiger partial charge in [0.1, 0.15) is 12.4 Å². The standard InChI is InChI=1S/C19H32N4O.HI/c1-15(2)23-12-9-17(10-13-23)22-19(20-4)21-11-14-24-18-7-5-16(3)6-8-18;/h5-8,15,17H,9-14H2,1-4H3,(H2,20,21,22);1H. The Morgan fingerprint density at radius 1 is 1.24 bits per heavy atom. The van der Waals surface area contributed by atoms with Crippen molar-refractivity contribution in [2.24, 2.45) is 4.99 Å². The number of halogens is 1. The van der Waals surface area contributed by atoms with E-state index in [1.54, 1.807) is 0 Å². The van der Waals surface area contributed by atoms with Crippen molar-refractivity contribution in [2.75, 3.05) is 33.3 Å². The maximum Gasteiger partial charge on any atom is 0.191 e. The Kier molecular flexibility index (Phi) is 10.2. The van der Waals surface area contributed by atoms with E-state index in [4.69, 9.17) is 4.74 Å². The zero-order valence-corrected chi connectivity index (χ0v) is 18.2. The van der Waals surface area contributed by atoms with Gasteiger partial charge in [-0.15, -0.1) is 24.0 Å². The maximum absolute atomic E-state index is 5.73. The number of hydrogen-bond donors (Lipinski definition) is 2. The molecule has 0 bridgehead atoms. The number of piperidine rings is 1. The lowest BCUT2D eigenvalue weighted by Gasteiger charge is -2.35. The van der Waals surface area contributed by atoms with E-state index in [-0.39, 0.29) is 24.0 Å². The minimum atomic E-state index is 0. The molecule has 0 radical (unpaired) electrons. The Bertz CT molecular complexity index is 511. The molecule has 6 heteroatoms. The first-order valence-electron chi connectivity index (χ1n) is 8.99. The van der Waals surface area contributed by atoms with E-state index < -0.39 is 0 Å². The van der Waals surface area contributed by atoms with Crippen molar-refractivity contribution >= 4 is 29.9 Å². The second-order valence-corrected chi connectivity index (χ2v) is 6.71. The summed E-state index contributed by atoms with van der Waals surface area (Å²) >= 11 is 0. The van der Waals surface area contributed by atoms with Crippen LogP contribution in [0, 0.1) is 6.92 Å². The summed E-state index contributed by atoms with van der Waals surface area (Å²) in [5.74, 6) is 1.77. The highest BCUT2D eigenvalue weighted by molar-refractivity contribution is 14.0. The molecule has 1 aromatic carbocycles. The van der Waals surface area contributed by atoms with Gasteiger partial charge in [-0.1, -0.05) is 17.7 Å². The lowest BCUT2D eigenvalue weighted by Crippen LogP contribution is -2.50. The number of benzene rings is 1. The van der Waals surface area contributed by atoms with Crippen LogP contribution in [0.2, 0.25) is 0 Å². The number of rotatable bonds is 6. The molecule has 1 aliphatic heterocycles. The van der Waals surface area contributed by atoms with Crippen molar-refractivity contribution in [3.8, 4) is 5.75 Å². The van der Waals surface area contributed by atoms with Crippen molar-refractivity contribution in [1.82, 2.24) is 15.5 Å². The van der Waals surface area contributed by atoms with E-state index in [9.17, 15) is 0 Å². The van der Waals surface area contributed by atoms with Gasteiger partial charge >= 0.3 is 0 Å². The number of hydrogen-bond acceptors (Lipinski definition) is 3. The largest absolute Gasteiger partial charge is 0.492 e. The molecule has 1 fully saturated rings. The molecule has 0 atom stereocenters. The zero-order valence-electron chi connectivity index (χ0n) is 15.9. The fourth-order valence-electron chi connectivity index (χ4n) is 2.92. The molecule has 0 unspecified atom stereocenters. The van der Waals surface area contributed by atoms with Crippen molar-refractivity contribution < 1.29 is 4.74 Å². The van der Waals surface area contributed by atoms with Crippen molar-refractivity contribution in [1.29, 1.82) is 0 Å². The van der Waals surface area contributed by atoms with Crippen molar-refractivity contribution in [3.63, 3.8) is 0 Å². The summed E-state index contributed by atoms with van der Waals surface area (Å²) in [5, 5.41) is 6.86. The molecule has 2 N–H and O–H groups in total. The maximum atomic E-state index is 5.73. The van der Waals surface area contributed by atoms with Crippen molar-refractivity contribution in [3.05, 3.63) is 29.8 Å². The van der Waals surface area contributed by atoms with Gasteiger partial charge in [-0.2, -0.15) is 0 Å². The minimum absolute atomic E-state index is 0. The number of likely N-dealkylation sites (tertiary alicyclic amines) is 1. The smallest absolute Gasteiger partial charge is 0.191 e. The summed E-state index contributed by atoms with van der Waals surface area (Å²) in [4.78, 5) is 6.85. The molecule has 0 amide bonds. The van der Waals surface area contributed by atoms with Gasteiger partial charge in [-0.05, 0) is 45.7 Å². The number of ether oxygens (including phenoxy) is 1. The van der Waals surface area contributed by atoms with Crippen LogP contribution in [0.4, 0.5) is 0 Å². The van der Waals surface area contributed by atoms with E-state index in [1.807, 2.05) is 19.2 Å². The molecule has 0 aliphatic carbocycles. The average molecular weight is 460 g/mol. The van der Waals surface area contributed by atoms with Crippen LogP contribution in [-0.2, 0) is 0 Å². The van der Waals surface area contributed by atoms with Gasteiger partial charge in [0.15, 0.2) is 5.96 Å². The first kappa shape index (κ1) is 22.0. The summed E-state index contributed by atoms with van der Waals surface area (Å²) in [5.41, 5.74) is 1.24. The van der Waals surface area contributed by atoms with Crippen molar-refractivity contribution in [2.45, 2.75) is 45.7 Å². The minimum Gasteiger partial charge on any atom is -0.492 e. The fourth-order valence-corrected chi connectivity index (χ4v) is 2.92. The first-order chi connectivity index (χ1) is 11.6. The molecule has 1 saturated heterocycles. The quantitative estimate of drug-likeness (QED) is 0.297. The predicted molar refractivity (Wildman–Crippen MR) is 116 cm³/mol. The summed E-state index contributed by atoms with van der Waals surface area (Å²) in [6, 6.07) is 9.28. The number of nitrogens with zero attached hydrogens (tertiary/aromatic N) is 2.